The Bertz CT molecular complexity index is 933. The summed E-state index contributed by atoms with van der Waals surface area (Å²) in [5.74, 6) is 2.19. The highest BCUT2D eigenvalue weighted by Gasteiger charge is 2.28. The molecule has 0 aromatic heterocycles. The Kier molecular flexibility index (Phi) is 4.58. The molecule has 7 nitrogen and oxygen atoms in total. The summed E-state index contributed by atoms with van der Waals surface area (Å²) in [6.07, 6.45) is 0.770. The number of hydrogen-bond donors (Lipinski definition) is 1. The van der Waals surface area contributed by atoms with Crippen LogP contribution in [0.4, 0.5) is 0 Å². The summed E-state index contributed by atoms with van der Waals surface area (Å²) in [5.41, 5.74) is 4.36. The molecule has 2 aromatic rings. The van der Waals surface area contributed by atoms with Gasteiger partial charge < -0.3 is 18.9 Å². The first-order valence-electron chi connectivity index (χ1n) is 9.07. The van der Waals surface area contributed by atoms with Crippen molar-refractivity contribution in [1.82, 2.24) is 5.43 Å². The summed E-state index contributed by atoms with van der Waals surface area (Å²) >= 11 is 0. The Labute approximate surface area is 163 Å². The van der Waals surface area contributed by atoms with E-state index in [0.717, 1.165) is 11.1 Å². The molecule has 7 heteroatoms. The van der Waals surface area contributed by atoms with E-state index >= 15 is 0 Å². The quantitative estimate of drug-likeness (QED) is 0.652. The van der Waals surface area contributed by atoms with Gasteiger partial charge in [-0.3, -0.25) is 4.79 Å². The third-order valence-electron chi connectivity index (χ3n) is 4.55. The van der Waals surface area contributed by atoms with Crippen LogP contribution in [-0.4, -0.2) is 31.6 Å². The van der Waals surface area contributed by atoms with Crippen LogP contribution < -0.4 is 24.4 Å². The molecule has 2 heterocycles. The van der Waals surface area contributed by atoms with Crippen molar-refractivity contribution < 1.29 is 23.7 Å². The van der Waals surface area contributed by atoms with Gasteiger partial charge in [-0.1, -0.05) is 26.8 Å². The van der Waals surface area contributed by atoms with E-state index in [1.807, 2.05) is 24.3 Å². The number of benzene rings is 2. The molecule has 2 aromatic carbocycles. The summed E-state index contributed by atoms with van der Waals surface area (Å²) in [6, 6.07) is 11.2. The van der Waals surface area contributed by atoms with E-state index in [-0.39, 0.29) is 24.7 Å². The van der Waals surface area contributed by atoms with Crippen LogP contribution in [0.2, 0.25) is 0 Å². The van der Waals surface area contributed by atoms with Crippen molar-refractivity contribution in [3.05, 3.63) is 47.5 Å². The second-order valence-corrected chi connectivity index (χ2v) is 7.68. The van der Waals surface area contributed by atoms with Crippen molar-refractivity contribution >= 4 is 12.1 Å². The van der Waals surface area contributed by atoms with Gasteiger partial charge in [-0.15, -0.1) is 0 Å². The lowest BCUT2D eigenvalue weighted by molar-refractivity contribution is -0.130. The maximum Gasteiger partial charge on any atom is 0.284 e. The van der Waals surface area contributed by atoms with Gasteiger partial charge in [0.2, 0.25) is 12.9 Å². The smallest absolute Gasteiger partial charge is 0.284 e. The highest BCUT2D eigenvalue weighted by Crippen LogP contribution is 2.36. The van der Waals surface area contributed by atoms with Gasteiger partial charge in [0.25, 0.3) is 5.91 Å². The third-order valence-corrected chi connectivity index (χ3v) is 4.55. The lowest BCUT2D eigenvalue weighted by Crippen LogP contribution is -2.42. The van der Waals surface area contributed by atoms with E-state index in [1.54, 1.807) is 12.1 Å². The Morgan fingerprint density at radius 3 is 2.61 bits per heavy atom. The summed E-state index contributed by atoms with van der Waals surface area (Å²) in [6.45, 7) is 6.70. The Balaban J connectivity index is 1.39. The summed E-state index contributed by atoms with van der Waals surface area (Å²) < 4.78 is 22.1. The first kappa shape index (κ1) is 18.2. The zero-order chi connectivity index (χ0) is 19.7. The first-order chi connectivity index (χ1) is 13.4. The molecule has 1 N–H and O–H groups in total. The topological polar surface area (TPSA) is 78.4 Å². The maximum atomic E-state index is 12.4. The van der Waals surface area contributed by atoms with Crippen LogP contribution in [0.3, 0.4) is 0 Å². The molecule has 2 aliphatic heterocycles. The molecule has 2 aliphatic rings. The van der Waals surface area contributed by atoms with E-state index < -0.39 is 6.10 Å². The van der Waals surface area contributed by atoms with Crippen LogP contribution >= 0.6 is 0 Å². The highest BCUT2D eigenvalue weighted by molar-refractivity contribution is 5.85. The summed E-state index contributed by atoms with van der Waals surface area (Å²) in [4.78, 5) is 12.4. The Morgan fingerprint density at radius 1 is 1.04 bits per heavy atom. The predicted molar refractivity (Wildman–Crippen MR) is 103 cm³/mol. The van der Waals surface area contributed by atoms with E-state index in [4.69, 9.17) is 18.9 Å². The van der Waals surface area contributed by atoms with E-state index in [9.17, 15) is 4.79 Å². The molecule has 0 bridgehead atoms. The number of hydrazone groups is 1. The van der Waals surface area contributed by atoms with Crippen molar-refractivity contribution in [2.75, 3.05) is 13.4 Å². The van der Waals surface area contributed by atoms with Crippen LogP contribution in [-0.2, 0) is 10.2 Å². The lowest BCUT2D eigenvalue weighted by Gasteiger charge is -2.27. The van der Waals surface area contributed by atoms with Crippen molar-refractivity contribution in [1.29, 1.82) is 0 Å². The number of nitrogens with one attached hydrogen (secondary N) is 1. The van der Waals surface area contributed by atoms with Crippen molar-refractivity contribution in [3.63, 3.8) is 0 Å². The molecule has 28 heavy (non-hydrogen) atoms. The number of nitrogens with zero attached hydrogens (tertiary/aromatic N) is 1. The number of rotatable bonds is 3. The van der Waals surface area contributed by atoms with E-state index in [2.05, 4.69) is 31.3 Å². The molecule has 0 fully saturated rings. The second-order valence-electron chi connectivity index (χ2n) is 7.68. The molecule has 146 valence electrons. The standard InChI is InChI=1S/C21H22N2O5/c1-21(2,3)14-5-7-16-18(9-14)28-19(11-25-16)20(24)23-22-10-13-4-6-15-17(8-13)27-12-26-15/h4-10,19H,11-12H2,1-3H3,(H,23,24)/t19-/m1/s1. The SMILES string of the molecule is CC(C)(C)c1ccc2c(c1)O[C@@H](C(=O)NN=Cc1ccc3c(c1)OCO3)CO2. The second kappa shape index (κ2) is 7.07. The fraction of sp³-hybridized carbons (Fsp3) is 0.333. The minimum Gasteiger partial charge on any atom is -0.485 e. The predicted octanol–water partition coefficient (Wildman–Crippen LogP) is 3.00. The van der Waals surface area contributed by atoms with Crippen molar-refractivity contribution in [2.45, 2.75) is 32.3 Å². The minimum atomic E-state index is -0.767. The van der Waals surface area contributed by atoms with E-state index in [1.165, 1.54) is 6.21 Å². The average molecular weight is 382 g/mol. The first-order valence-corrected chi connectivity index (χ1v) is 9.07. The van der Waals surface area contributed by atoms with Crippen LogP contribution in [0.5, 0.6) is 23.0 Å². The van der Waals surface area contributed by atoms with Gasteiger partial charge in [-0.05, 0) is 46.9 Å². The number of carbonyl (C=O) groups excluding carboxylic acids is 1. The molecule has 0 saturated heterocycles. The fourth-order valence-electron chi connectivity index (χ4n) is 2.90. The van der Waals surface area contributed by atoms with Gasteiger partial charge in [0.1, 0.15) is 6.61 Å². The van der Waals surface area contributed by atoms with Crippen molar-refractivity contribution in [3.8, 4) is 23.0 Å². The molecular weight excluding hydrogens is 360 g/mol. The number of hydrogen-bond acceptors (Lipinski definition) is 6. The van der Waals surface area contributed by atoms with Gasteiger partial charge in [-0.2, -0.15) is 5.10 Å². The number of fused-ring (bicyclic) bond motifs is 2. The number of amides is 1. The van der Waals surface area contributed by atoms with Gasteiger partial charge in [-0.25, -0.2) is 5.43 Å². The van der Waals surface area contributed by atoms with Crippen LogP contribution in [0.25, 0.3) is 0 Å². The molecule has 1 amide bonds. The lowest BCUT2D eigenvalue weighted by atomic mass is 9.87. The number of ether oxygens (including phenoxy) is 4. The largest absolute Gasteiger partial charge is 0.485 e. The van der Waals surface area contributed by atoms with Crippen molar-refractivity contribution in [2.24, 2.45) is 5.10 Å². The third kappa shape index (κ3) is 3.74. The molecule has 0 aliphatic carbocycles. The molecule has 0 radical (unpaired) electrons. The van der Waals surface area contributed by atoms with Crippen LogP contribution in [0, 0.1) is 0 Å². The van der Waals surface area contributed by atoms with Gasteiger partial charge >= 0.3 is 0 Å². The van der Waals surface area contributed by atoms with Crippen LogP contribution in [0.1, 0.15) is 31.9 Å². The number of carbonyl (C=O) groups is 1. The average Bonchev–Trinajstić information content (AvgIpc) is 3.14. The molecule has 0 unspecified atom stereocenters. The molecule has 0 spiro atoms. The van der Waals surface area contributed by atoms with E-state index in [0.29, 0.717) is 23.0 Å². The van der Waals surface area contributed by atoms with Gasteiger partial charge in [0.05, 0.1) is 6.21 Å². The monoisotopic (exact) mass is 382 g/mol. The zero-order valence-electron chi connectivity index (χ0n) is 16.0. The van der Waals surface area contributed by atoms with Gasteiger partial charge in [0.15, 0.2) is 23.0 Å². The zero-order valence-corrected chi connectivity index (χ0v) is 16.0. The van der Waals surface area contributed by atoms with Crippen LogP contribution in [0.15, 0.2) is 41.5 Å². The minimum absolute atomic E-state index is 0.0253. The Morgan fingerprint density at radius 2 is 1.79 bits per heavy atom. The molecule has 1 atom stereocenters. The summed E-state index contributed by atoms with van der Waals surface area (Å²) in [7, 11) is 0. The molecule has 4 rings (SSSR count). The summed E-state index contributed by atoms with van der Waals surface area (Å²) in [5, 5.41) is 4.00. The molecule has 0 saturated carbocycles. The maximum absolute atomic E-state index is 12.4. The normalized spacial score (nSPS) is 17.6. The molecular formula is C21H22N2O5. The van der Waals surface area contributed by atoms with Gasteiger partial charge in [0, 0.05) is 0 Å². The fourth-order valence-corrected chi connectivity index (χ4v) is 2.90. The highest BCUT2D eigenvalue weighted by atomic mass is 16.7. The Hall–Kier alpha value is -3.22.